The zero-order valence-electron chi connectivity index (χ0n) is 5.19. The van der Waals surface area contributed by atoms with Crippen LogP contribution in [0.2, 0.25) is 0 Å². The molecule has 0 radical (unpaired) electrons. The molecular formula is C10H20. The van der Waals surface area contributed by atoms with Gasteiger partial charge in [0.1, 0.15) is 0 Å². The lowest BCUT2D eigenvalue weighted by Gasteiger charge is -2.14. The molecule has 1 fully saturated rings. The van der Waals surface area contributed by atoms with Gasteiger partial charge in [0.05, 0.1) is 0 Å². The van der Waals surface area contributed by atoms with Crippen molar-refractivity contribution in [1.29, 1.82) is 0 Å². The lowest BCUT2D eigenvalue weighted by molar-refractivity contribution is 0.430. The van der Waals surface area contributed by atoms with E-state index in [9.17, 15) is 0 Å². The van der Waals surface area contributed by atoms with Crippen LogP contribution in [0, 0.1) is 18.3 Å². The van der Waals surface area contributed by atoms with Gasteiger partial charge in [-0.1, -0.05) is 34.1 Å². The number of rotatable bonds is 0. The highest BCUT2D eigenvalue weighted by atomic mass is 14.1. The summed E-state index contributed by atoms with van der Waals surface area (Å²) in [6.07, 6.45) is 11.9. The van der Waals surface area contributed by atoms with Crippen LogP contribution in [0.4, 0.5) is 0 Å². The van der Waals surface area contributed by atoms with Crippen molar-refractivity contribution in [1.82, 2.24) is 0 Å². The van der Waals surface area contributed by atoms with Crippen molar-refractivity contribution in [3.63, 3.8) is 0 Å². The summed E-state index contributed by atoms with van der Waals surface area (Å²) in [6.45, 7) is 0. The van der Waals surface area contributed by atoms with E-state index in [1.165, 1.54) is 32.1 Å². The van der Waals surface area contributed by atoms with Crippen molar-refractivity contribution in [3.8, 4) is 12.3 Å². The molecule has 0 spiro atoms. The highest BCUT2D eigenvalue weighted by Gasteiger charge is 2.08. The van der Waals surface area contributed by atoms with Crippen molar-refractivity contribution < 1.29 is 0 Å². The second-order valence-electron chi connectivity index (χ2n) is 2.50. The zero-order chi connectivity index (χ0) is 5.82. The molecule has 1 saturated carbocycles. The minimum absolute atomic E-state index is 0. The quantitative estimate of drug-likeness (QED) is 0.452. The first kappa shape index (κ1) is 12.3. The van der Waals surface area contributed by atoms with Gasteiger partial charge < -0.3 is 0 Å². The smallest absolute Gasteiger partial charge is 0.0200 e. The Morgan fingerprint density at radius 3 is 1.80 bits per heavy atom. The minimum Gasteiger partial charge on any atom is -0.120 e. The molecule has 0 aromatic heterocycles. The van der Waals surface area contributed by atoms with Crippen LogP contribution in [0.3, 0.4) is 0 Å². The van der Waals surface area contributed by atoms with E-state index in [0.29, 0.717) is 5.92 Å². The summed E-state index contributed by atoms with van der Waals surface area (Å²) in [5.41, 5.74) is 0. The second-order valence-corrected chi connectivity index (χ2v) is 2.50. The molecule has 0 aromatic carbocycles. The molecule has 0 heteroatoms. The number of hydrogen-bond acceptors (Lipinski definition) is 0. The largest absolute Gasteiger partial charge is 0.120 e. The van der Waals surface area contributed by atoms with E-state index in [0.717, 1.165) is 0 Å². The van der Waals surface area contributed by atoms with Gasteiger partial charge >= 0.3 is 0 Å². The van der Waals surface area contributed by atoms with Gasteiger partial charge in [0.2, 0.25) is 0 Å². The molecule has 0 saturated heterocycles. The fraction of sp³-hybridized carbons (Fsp3) is 0.800. The maximum Gasteiger partial charge on any atom is 0.0200 e. The van der Waals surface area contributed by atoms with Crippen LogP contribution in [-0.2, 0) is 0 Å². The third-order valence-electron chi connectivity index (χ3n) is 1.84. The fourth-order valence-electron chi connectivity index (χ4n) is 1.27. The predicted molar refractivity (Wildman–Crippen MR) is 48.9 cm³/mol. The van der Waals surface area contributed by atoms with Crippen LogP contribution < -0.4 is 0 Å². The summed E-state index contributed by atoms with van der Waals surface area (Å²) >= 11 is 0. The Hall–Kier alpha value is -0.440. The molecule has 60 valence electrons. The first-order chi connectivity index (χ1) is 3.93. The van der Waals surface area contributed by atoms with Crippen molar-refractivity contribution in [2.75, 3.05) is 0 Å². The van der Waals surface area contributed by atoms with Gasteiger partial charge in [0.15, 0.2) is 0 Å². The lowest BCUT2D eigenvalue weighted by Crippen LogP contribution is -2.02. The van der Waals surface area contributed by atoms with Gasteiger partial charge in [-0.05, 0) is 12.8 Å². The highest BCUT2D eigenvalue weighted by Crippen LogP contribution is 2.22. The minimum atomic E-state index is 0. The van der Waals surface area contributed by atoms with Gasteiger partial charge in [0.25, 0.3) is 0 Å². The summed E-state index contributed by atoms with van der Waals surface area (Å²) in [5.74, 6) is 3.42. The third-order valence-corrected chi connectivity index (χ3v) is 1.84. The highest BCUT2D eigenvalue weighted by molar-refractivity contribution is 4.93. The van der Waals surface area contributed by atoms with Crippen LogP contribution >= 0.6 is 0 Å². The first-order valence-electron chi connectivity index (χ1n) is 3.39. The van der Waals surface area contributed by atoms with Crippen molar-refractivity contribution >= 4 is 0 Å². The van der Waals surface area contributed by atoms with E-state index >= 15 is 0 Å². The molecule has 1 aliphatic carbocycles. The monoisotopic (exact) mass is 140 g/mol. The SMILES string of the molecule is C.C.C#CC1CCCCC1. The number of hydrogen-bond donors (Lipinski definition) is 0. The van der Waals surface area contributed by atoms with E-state index in [4.69, 9.17) is 6.42 Å². The predicted octanol–water partition coefficient (Wildman–Crippen LogP) is 3.47. The second kappa shape index (κ2) is 6.68. The molecule has 0 aromatic rings. The Morgan fingerprint density at radius 1 is 1.00 bits per heavy atom. The topological polar surface area (TPSA) is 0 Å². The van der Waals surface area contributed by atoms with Crippen LogP contribution in [-0.4, -0.2) is 0 Å². The van der Waals surface area contributed by atoms with Gasteiger partial charge in [0, 0.05) is 5.92 Å². The molecule has 0 bridgehead atoms. The summed E-state index contributed by atoms with van der Waals surface area (Å²) in [6, 6.07) is 0. The molecule has 0 N–H and O–H groups in total. The molecule has 0 amide bonds. The normalized spacial score (nSPS) is 17.9. The molecular weight excluding hydrogens is 120 g/mol. The van der Waals surface area contributed by atoms with Crippen LogP contribution in [0.1, 0.15) is 47.0 Å². The van der Waals surface area contributed by atoms with Gasteiger partial charge in [-0.2, -0.15) is 0 Å². The molecule has 10 heavy (non-hydrogen) atoms. The molecule has 1 aliphatic rings. The molecule has 0 atom stereocenters. The van der Waals surface area contributed by atoms with Crippen molar-refractivity contribution in [2.24, 2.45) is 5.92 Å². The molecule has 1 rings (SSSR count). The van der Waals surface area contributed by atoms with E-state index < -0.39 is 0 Å². The van der Waals surface area contributed by atoms with Gasteiger partial charge in [-0.3, -0.25) is 0 Å². The third kappa shape index (κ3) is 3.56. The molecule has 0 nitrogen and oxygen atoms in total. The maximum atomic E-state index is 5.25. The number of terminal acetylenes is 1. The van der Waals surface area contributed by atoms with E-state index in [2.05, 4.69) is 5.92 Å². The molecule has 0 aliphatic heterocycles. The summed E-state index contributed by atoms with van der Waals surface area (Å²) < 4.78 is 0. The lowest BCUT2D eigenvalue weighted by atomic mass is 9.90. The fourth-order valence-corrected chi connectivity index (χ4v) is 1.27. The Balaban J connectivity index is 0. The Morgan fingerprint density at radius 2 is 1.50 bits per heavy atom. The maximum absolute atomic E-state index is 5.25. The van der Waals surface area contributed by atoms with E-state index in [1.54, 1.807) is 0 Å². The van der Waals surface area contributed by atoms with Gasteiger partial charge in [-0.25, -0.2) is 0 Å². The average molecular weight is 140 g/mol. The first-order valence-corrected chi connectivity index (χ1v) is 3.39. The van der Waals surface area contributed by atoms with E-state index in [1.807, 2.05) is 0 Å². The molecule has 0 unspecified atom stereocenters. The Bertz CT molecular complexity index is 91.1. The van der Waals surface area contributed by atoms with Crippen LogP contribution in [0.5, 0.6) is 0 Å². The summed E-state index contributed by atoms with van der Waals surface area (Å²) in [4.78, 5) is 0. The zero-order valence-corrected chi connectivity index (χ0v) is 5.19. The average Bonchev–Trinajstić information content (AvgIpc) is 1.90. The Kier molecular flexibility index (Phi) is 8.18. The summed E-state index contributed by atoms with van der Waals surface area (Å²) in [5, 5.41) is 0. The van der Waals surface area contributed by atoms with E-state index in [-0.39, 0.29) is 14.9 Å². The summed E-state index contributed by atoms with van der Waals surface area (Å²) in [7, 11) is 0. The van der Waals surface area contributed by atoms with Crippen LogP contribution in [0.15, 0.2) is 0 Å². The molecule has 0 heterocycles. The van der Waals surface area contributed by atoms with Gasteiger partial charge in [-0.15, -0.1) is 12.3 Å². The van der Waals surface area contributed by atoms with Crippen molar-refractivity contribution in [3.05, 3.63) is 0 Å². The Labute approximate surface area is 66.0 Å². The van der Waals surface area contributed by atoms with Crippen molar-refractivity contribution in [2.45, 2.75) is 47.0 Å². The van der Waals surface area contributed by atoms with Crippen LogP contribution in [0.25, 0.3) is 0 Å². The standard InChI is InChI=1S/C8H12.2CH4/c1-2-8-6-4-3-5-7-8;;/h1,8H,3-7H2;2*1H4.